The number of anilines is 1. The fourth-order valence-corrected chi connectivity index (χ4v) is 2.27. The predicted molar refractivity (Wildman–Crippen MR) is 74.6 cm³/mol. The van der Waals surface area contributed by atoms with Crippen LogP contribution in [0.3, 0.4) is 0 Å². The molecule has 0 aliphatic carbocycles. The van der Waals surface area contributed by atoms with E-state index in [1.54, 1.807) is 18.2 Å². The minimum Gasteiger partial charge on any atom is -0.320 e. The lowest BCUT2D eigenvalue weighted by atomic mass is 10.2. The van der Waals surface area contributed by atoms with Crippen molar-refractivity contribution in [1.29, 1.82) is 0 Å². The first-order chi connectivity index (χ1) is 9.24. The number of hydrogen-bond acceptors (Lipinski definition) is 5. The second kappa shape index (κ2) is 4.91. The van der Waals surface area contributed by atoms with Crippen LogP contribution in [0.15, 0.2) is 36.5 Å². The summed E-state index contributed by atoms with van der Waals surface area (Å²) < 4.78 is 8.28. The van der Waals surface area contributed by atoms with E-state index in [0.29, 0.717) is 21.9 Å². The molecule has 19 heavy (non-hydrogen) atoms. The summed E-state index contributed by atoms with van der Waals surface area (Å²) >= 11 is 6.79. The van der Waals surface area contributed by atoms with Crippen molar-refractivity contribution in [3.05, 3.63) is 47.2 Å². The molecule has 94 valence electrons. The van der Waals surface area contributed by atoms with Crippen LogP contribution in [-0.4, -0.2) is 19.6 Å². The van der Waals surface area contributed by atoms with E-state index in [9.17, 15) is 4.79 Å². The number of benzene rings is 1. The number of fused-ring (bicyclic) bond motifs is 1. The zero-order valence-electron chi connectivity index (χ0n) is 9.50. The molecule has 1 N–H and O–H groups in total. The van der Waals surface area contributed by atoms with Crippen LogP contribution in [0.4, 0.5) is 5.69 Å². The van der Waals surface area contributed by atoms with Crippen molar-refractivity contribution in [2.24, 2.45) is 0 Å². The highest BCUT2D eigenvalue weighted by atomic mass is 35.5. The van der Waals surface area contributed by atoms with Gasteiger partial charge in [-0.15, -0.1) is 0 Å². The van der Waals surface area contributed by atoms with E-state index in [1.165, 1.54) is 6.20 Å². The van der Waals surface area contributed by atoms with Gasteiger partial charge in [0.25, 0.3) is 5.91 Å². The van der Waals surface area contributed by atoms with E-state index in [0.717, 1.165) is 17.2 Å². The van der Waals surface area contributed by atoms with Crippen LogP contribution in [0.25, 0.3) is 11.0 Å². The SMILES string of the molecule is O=C(Nc1cccc2nsnc12)c1ccc(Cl)nc1. The summed E-state index contributed by atoms with van der Waals surface area (Å²) in [5.74, 6) is -0.260. The number of halogens is 1. The molecule has 3 rings (SSSR count). The van der Waals surface area contributed by atoms with Crippen molar-refractivity contribution in [2.45, 2.75) is 0 Å². The molecule has 0 atom stereocenters. The Balaban J connectivity index is 1.90. The van der Waals surface area contributed by atoms with Gasteiger partial charge in [-0.2, -0.15) is 8.75 Å². The highest BCUT2D eigenvalue weighted by Gasteiger charge is 2.10. The molecule has 1 aromatic carbocycles. The number of nitrogens with one attached hydrogen (secondary N) is 1. The Labute approximate surface area is 117 Å². The number of amides is 1. The molecule has 2 aromatic heterocycles. The number of nitrogens with zero attached hydrogens (tertiary/aromatic N) is 3. The van der Waals surface area contributed by atoms with Crippen molar-refractivity contribution in [3.63, 3.8) is 0 Å². The summed E-state index contributed by atoms with van der Waals surface area (Å²) in [6, 6.07) is 8.63. The van der Waals surface area contributed by atoms with Gasteiger partial charge in [0, 0.05) is 6.20 Å². The third-order valence-corrected chi connectivity index (χ3v) is 3.29. The largest absolute Gasteiger partial charge is 0.320 e. The highest BCUT2D eigenvalue weighted by Crippen LogP contribution is 2.21. The van der Waals surface area contributed by atoms with Gasteiger partial charge in [-0.25, -0.2) is 4.98 Å². The van der Waals surface area contributed by atoms with Gasteiger partial charge in [-0.3, -0.25) is 4.79 Å². The minimum atomic E-state index is -0.260. The molecule has 0 spiro atoms. The summed E-state index contributed by atoms with van der Waals surface area (Å²) in [6.07, 6.45) is 1.43. The zero-order chi connectivity index (χ0) is 13.2. The highest BCUT2D eigenvalue weighted by molar-refractivity contribution is 7.00. The third-order valence-electron chi connectivity index (χ3n) is 2.52. The maximum absolute atomic E-state index is 12.1. The summed E-state index contributed by atoms with van der Waals surface area (Å²) in [5.41, 5.74) is 2.51. The smallest absolute Gasteiger partial charge is 0.257 e. The van der Waals surface area contributed by atoms with Crippen molar-refractivity contribution in [1.82, 2.24) is 13.7 Å². The lowest BCUT2D eigenvalue weighted by molar-refractivity contribution is 0.102. The molecule has 0 aliphatic rings. The molecule has 0 aliphatic heterocycles. The van der Waals surface area contributed by atoms with Gasteiger partial charge in [0.2, 0.25) is 0 Å². The Morgan fingerprint density at radius 1 is 1.21 bits per heavy atom. The molecule has 0 fully saturated rings. The van der Waals surface area contributed by atoms with Crippen molar-refractivity contribution >= 4 is 46.0 Å². The molecule has 1 amide bonds. The molecule has 0 unspecified atom stereocenters. The Bertz CT molecular complexity index is 741. The number of carbonyl (C=O) groups is 1. The fourth-order valence-electron chi connectivity index (χ4n) is 1.61. The van der Waals surface area contributed by atoms with Crippen LogP contribution in [-0.2, 0) is 0 Å². The maximum Gasteiger partial charge on any atom is 0.257 e. The van der Waals surface area contributed by atoms with Gasteiger partial charge in [0.05, 0.1) is 23.0 Å². The topological polar surface area (TPSA) is 67.8 Å². The van der Waals surface area contributed by atoms with Gasteiger partial charge in [0.15, 0.2) is 0 Å². The average Bonchev–Trinajstić information content (AvgIpc) is 2.89. The van der Waals surface area contributed by atoms with E-state index in [4.69, 9.17) is 11.6 Å². The third kappa shape index (κ3) is 2.40. The van der Waals surface area contributed by atoms with E-state index in [1.807, 2.05) is 12.1 Å². The Kier molecular flexibility index (Phi) is 3.10. The molecule has 7 heteroatoms. The second-order valence-electron chi connectivity index (χ2n) is 3.76. The van der Waals surface area contributed by atoms with E-state index in [2.05, 4.69) is 19.0 Å². The molecule has 0 saturated heterocycles. The van der Waals surface area contributed by atoms with Crippen molar-refractivity contribution in [3.8, 4) is 0 Å². The molecule has 0 bridgehead atoms. The van der Waals surface area contributed by atoms with Gasteiger partial charge >= 0.3 is 0 Å². The summed E-state index contributed by atoms with van der Waals surface area (Å²) in [4.78, 5) is 15.9. The molecule has 0 saturated carbocycles. The Hall–Kier alpha value is -2.05. The number of carbonyl (C=O) groups excluding carboxylic acids is 1. The van der Waals surface area contributed by atoms with Crippen LogP contribution in [0, 0.1) is 0 Å². The summed E-state index contributed by atoms with van der Waals surface area (Å²) in [6.45, 7) is 0. The van der Waals surface area contributed by atoms with Crippen LogP contribution in [0.2, 0.25) is 5.15 Å². The molecule has 3 aromatic rings. The monoisotopic (exact) mass is 290 g/mol. The molecular formula is C12H7ClN4OS. The van der Waals surface area contributed by atoms with Crippen molar-refractivity contribution in [2.75, 3.05) is 5.32 Å². The molecule has 5 nitrogen and oxygen atoms in total. The van der Waals surface area contributed by atoms with Crippen LogP contribution < -0.4 is 5.32 Å². The van der Waals surface area contributed by atoms with E-state index < -0.39 is 0 Å². The number of pyridine rings is 1. The number of rotatable bonds is 2. The quantitative estimate of drug-likeness (QED) is 0.737. The van der Waals surface area contributed by atoms with E-state index in [-0.39, 0.29) is 5.91 Å². The van der Waals surface area contributed by atoms with Gasteiger partial charge < -0.3 is 5.32 Å². The molecular weight excluding hydrogens is 284 g/mol. The van der Waals surface area contributed by atoms with Gasteiger partial charge in [-0.05, 0) is 24.3 Å². The minimum absolute atomic E-state index is 0.260. The number of hydrogen-bond donors (Lipinski definition) is 1. The zero-order valence-corrected chi connectivity index (χ0v) is 11.1. The average molecular weight is 291 g/mol. The molecule has 0 radical (unpaired) electrons. The van der Waals surface area contributed by atoms with Crippen molar-refractivity contribution < 1.29 is 4.79 Å². The van der Waals surface area contributed by atoms with Crippen LogP contribution in [0.1, 0.15) is 10.4 Å². The maximum atomic E-state index is 12.1. The van der Waals surface area contributed by atoms with E-state index >= 15 is 0 Å². The van der Waals surface area contributed by atoms with Gasteiger partial charge in [-0.1, -0.05) is 17.7 Å². The normalized spacial score (nSPS) is 10.6. The van der Waals surface area contributed by atoms with Gasteiger partial charge in [0.1, 0.15) is 16.2 Å². The van der Waals surface area contributed by atoms with Crippen LogP contribution >= 0.6 is 23.3 Å². The first kappa shape index (κ1) is 12.0. The van der Waals surface area contributed by atoms with Crippen LogP contribution in [0.5, 0.6) is 0 Å². The Morgan fingerprint density at radius 3 is 2.89 bits per heavy atom. The Morgan fingerprint density at radius 2 is 2.11 bits per heavy atom. The predicted octanol–water partition coefficient (Wildman–Crippen LogP) is 2.99. The first-order valence-electron chi connectivity index (χ1n) is 5.38. The first-order valence-corrected chi connectivity index (χ1v) is 6.49. The standard InChI is InChI=1S/C12H7ClN4OS/c13-10-5-4-7(6-14-10)12(18)15-8-2-1-3-9-11(8)17-19-16-9/h1-6H,(H,15,18). The lowest BCUT2D eigenvalue weighted by Crippen LogP contribution is -2.12. The second-order valence-corrected chi connectivity index (χ2v) is 4.68. The lowest BCUT2D eigenvalue weighted by Gasteiger charge is -2.05. The molecule has 2 heterocycles. The summed E-state index contributed by atoms with van der Waals surface area (Å²) in [7, 11) is 0. The fraction of sp³-hybridized carbons (Fsp3) is 0. The number of aromatic nitrogens is 3. The summed E-state index contributed by atoms with van der Waals surface area (Å²) in [5, 5.41) is 3.14.